The summed E-state index contributed by atoms with van der Waals surface area (Å²) in [5.74, 6) is 0. The van der Waals surface area contributed by atoms with Crippen molar-refractivity contribution in [3.05, 3.63) is 5.21 Å². The highest BCUT2D eigenvalue weighted by molar-refractivity contribution is 4.56. The third-order valence-corrected chi connectivity index (χ3v) is 0.709. The average Bonchev–Trinajstić information content (AvgIpc) is 1.62. The predicted molar refractivity (Wildman–Crippen MR) is 32.2 cm³/mol. The molecule has 0 saturated heterocycles. The molecule has 0 aliphatic carbocycles. The van der Waals surface area contributed by atoms with Gasteiger partial charge in [-0.05, 0) is 0 Å². The number of nitrogens with zero attached hydrogens (tertiary/aromatic N) is 2. The smallest absolute Gasteiger partial charge is 0.197 e. The minimum absolute atomic E-state index is 0.117. The van der Waals surface area contributed by atoms with E-state index in [1.165, 1.54) is 0 Å². The van der Waals surface area contributed by atoms with Crippen molar-refractivity contribution in [2.24, 2.45) is 10.7 Å². The lowest BCUT2D eigenvalue weighted by Gasteiger charge is -2.12. The van der Waals surface area contributed by atoms with Crippen molar-refractivity contribution < 1.29 is 10.1 Å². The number of hydroxylamine groups is 1. The van der Waals surface area contributed by atoms with Crippen LogP contribution in [0.2, 0.25) is 0 Å². The Labute approximate surface area is 54.4 Å². The van der Waals surface area contributed by atoms with E-state index in [0.717, 1.165) is 0 Å². The van der Waals surface area contributed by atoms with Crippen molar-refractivity contribution in [3.8, 4) is 0 Å². The van der Waals surface area contributed by atoms with Crippen LogP contribution in [-0.4, -0.2) is 16.6 Å². The third kappa shape index (κ3) is 5.06. The second kappa shape index (κ2) is 2.66. The molecule has 0 rings (SSSR count). The standard InChI is InChI=1S/C5H12N2O2/c1-5(2,3)4-7(9)6-8/h8H,4H2,1-3H3. The van der Waals surface area contributed by atoms with Crippen LogP contribution in [0.3, 0.4) is 0 Å². The maximum Gasteiger partial charge on any atom is 0.197 e. The van der Waals surface area contributed by atoms with E-state index in [2.05, 4.69) is 5.28 Å². The van der Waals surface area contributed by atoms with Gasteiger partial charge in [0.25, 0.3) is 0 Å². The quantitative estimate of drug-likeness (QED) is 0.333. The van der Waals surface area contributed by atoms with Gasteiger partial charge in [0, 0.05) is 5.41 Å². The van der Waals surface area contributed by atoms with E-state index in [1.807, 2.05) is 20.8 Å². The first-order valence-corrected chi connectivity index (χ1v) is 2.75. The van der Waals surface area contributed by atoms with E-state index in [0.29, 0.717) is 0 Å². The topological polar surface area (TPSA) is 58.7 Å². The molecule has 54 valence electrons. The predicted octanol–water partition coefficient (Wildman–Crippen LogP) is 1.38. The van der Waals surface area contributed by atoms with Crippen LogP contribution in [0.1, 0.15) is 20.8 Å². The summed E-state index contributed by atoms with van der Waals surface area (Å²) in [5.41, 5.74) is -0.117. The summed E-state index contributed by atoms with van der Waals surface area (Å²) in [5, 5.41) is 20.7. The lowest BCUT2D eigenvalue weighted by atomic mass is 9.98. The van der Waals surface area contributed by atoms with Gasteiger partial charge in [-0.25, -0.2) is 0 Å². The Hall–Kier alpha value is -0.800. The lowest BCUT2D eigenvalue weighted by Crippen LogP contribution is -2.19. The summed E-state index contributed by atoms with van der Waals surface area (Å²) < 4.78 is 0. The summed E-state index contributed by atoms with van der Waals surface area (Å²) in [6.45, 7) is 5.89. The molecule has 1 N–H and O–H groups in total. The molecular formula is C5H12N2O2. The Morgan fingerprint density at radius 3 is 2.11 bits per heavy atom. The molecule has 0 aromatic heterocycles. The fourth-order valence-corrected chi connectivity index (χ4v) is 0.437. The van der Waals surface area contributed by atoms with E-state index in [1.54, 1.807) is 0 Å². The fraction of sp³-hybridized carbons (Fsp3) is 1.00. The molecule has 0 amide bonds. The molecule has 0 bridgehead atoms. The molecule has 0 radical (unpaired) electrons. The van der Waals surface area contributed by atoms with Crippen LogP contribution in [0.25, 0.3) is 0 Å². The van der Waals surface area contributed by atoms with Gasteiger partial charge in [0.1, 0.15) is 0 Å². The maximum absolute atomic E-state index is 10.3. The van der Waals surface area contributed by atoms with Crippen LogP contribution in [0.4, 0.5) is 0 Å². The highest BCUT2D eigenvalue weighted by Gasteiger charge is 2.15. The van der Waals surface area contributed by atoms with Crippen molar-refractivity contribution in [2.45, 2.75) is 20.8 Å². The molecular weight excluding hydrogens is 120 g/mol. The monoisotopic (exact) mass is 132 g/mol. The summed E-state index contributed by atoms with van der Waals surface area (Å²) in [7, 11) is 0. The van der Waals surface area contributed by atoms with Crippen LogP contribution in [0.5, 0.6) is 0 Å². The minimum atomic E-state index is -0.117. The summed E-state index contributed by atoms with van der Waals surface area (Å²) >= 11 is 0. The highest BCUT2D eigenvalue weighted by Crippen LogP contribution is 2.11. The van der Waals surface area contributed by atoms with Gasteiger partial charge in [0.2, 0.25) is 0 Å². The van der Waals surface area contributed by atoms with Crippen LogP contribution in [0, 0.1) is 10.6 Å². The molecule has 4 heteroatoms. The van der Waals surface area contributed by atoms with Crippen molar-refractivity contribution in [2.75, 3.05) is 6.54 Å². The van der Waals surface area contributed by atoms with E-state index < -0.39 is 0 Å². The molecule has 0 saturated carbocycles. The molecule has 0 fully saturated rings. The first-order valence-electron chi connectivity index (χ1n) is 2.75. The molecule has 4 nitrogen and oxygen atoms in total. The van der Waals surface area contributed by atoms with Crippen LogP contribution in [-0.2, 0) is 0 Å². The first kappa shape index (κ1) is 8.20. The molecule has 0 spiro atoms. The second-order valence-electron chi connectivity index (χ2n) is 3.16. The van der Waals surface area contributed by atoms with Gasteiger partial charge >= 0.3 is 0 Å². The molecule has 0 unspecified atom stereocenters. The zero-order chi connectivity index (χ0) is 7.49. The van der Waals surface area contributed by atoms with Crippen molar-refractivity contribution >= 4 is 0 Å². The number of hydrogen-bond donors (Lipinski definition) is 1. The Balaban J connectivity index is 3.75. The molecule has 0 atom stereocenters. The summed E-state index contributed by atoms with van der Waals surface area (Å²) in [6.07, 6.45) is 0. The molecule has 0 aromatic carbocycles. The van der Waals surface area contributed by atoms with Gasteiger partial charge in [-0.15, -0.1) is 0 Å². The van der Waals surface area contributed by atoms with Crippen molar-refractivity contribution in [1.82, 2.24) is 0 Å². The molecule has 0 aromatic rings. The van der Waals surface area contributed by atoms with Crippen LogP contribution >= 0.6 is 0 Å². The summed E-state index contributed by atoms with van der Waals surface area (Å²) in [4.78, 5) is 0.264. The minimum Gasteiger partial charge on any atom is -0.597 e. The Kier molecular flexibility index (Phi) is 2.42. The first-order chi connectivity index (χ1) is 3.95. The molecule has 0 aliphatic heterocycles. The SMILES string of the molecule is CC(C)(C)C[N+]([O-])=NO. The van der Waals surface area contributed by atoms with E-state index in [9.17, 15) is 5.21 Å². The van der Waals surface area contributed by atoms with Crippen LogP contribution in [0.15, 0.2) is 5.28 Å². The van der Waals surface area contributed by atoms with Crippen molar-refractivity contribution in [3.63, 3.8) is 0 Å². The lowest BCUT2D eigenvalue weighted by molar-refractivity contribution is -0.567. The normalized spacial score (nSPS) is 13.9. The van der Waals surface area contributed by atoms with E-state index >= 15 is 0 Å². The highest BCUT2D eigenvalue weighted by atomic mass is 16.6. The van der Waals surface area contributed by atoms with Crippen LogP contribution < -0.4 is 0 Å². The fourth-order valence-electron chi connectivity index (χ4n) is 0.437. The zero-order valence-corrected chi connectivity index (χ0v) is 5.96. The second-order valence-corrected chi connectivity index (χ2v) is 3.16. The van der Waals surface area contributed by atoms with Gasteiger partial charge in [-0.2, -0.15) is 0 Å². The Morgan fingerprint density at radius 2 is 2.00 bits per heavy atom. The van der Waals surface area contributed by atoms with E-state index in [-0.39, 0.29) is 16.8 Å². The average molecular weight is 132 g/mol. The zero-order valence-electron chi connectivity index (χ0n) is 5.96. The van der Waals surface area contributed by atoms with Crippen molar-refractivity contribution in [1.29, 1.82) is 0 Å². The van der Waals surface area contributed by atoms with Gasteiger partial charge in [-0.3, -0.25) is 0 Å². The van der Waals surface area contributed by atoms with Gasteiger partial charge in [-0.1, -0.05) is 25.6 Å². The maximum atomic E-state index is 10.3. The molecule has 9 heavy (non-hydrogen) atoms. The van der Waals surface area contributed by atoms with Gasteiger partial charge in [0.05, 0.1) is 0 Å². The summed E-state index contributed by atoms with van der Waals surface area (Å²) in [6, 6.07) is 0. The largest absolute Gasteiger partial charge is 0.597 e. The number of hydrogen-bond acceptors (Lipinski definition) is 2. The molecule has 0 aliphatic rings. The van der Waals surface area contributed by atoms with E-state index in [4.69, 9.17) is 5.21 Å². The molecule has 0 heterocycles. The third-order valence-electron chi connectivity index (χ3n) is 0.709. The van der Waals surface area contributed by atoms with Gasteiger partial charge < -0.3 is 10.4 Å². The Bertz CT molecular complexity index is 115. The Morgan fingerprint density at radius 1 is 1.56 bits per heavy atom. The number of rotatable bonds is 1. The van der Waals surface area contributed by atoms with Gasteiger partial charge in [0.15, 0.2) is 11.8 Å².